The molecule has 7 heteroatoms. The van der Waals surface area contributed by atoms with E-state index in [1.54, 1.807) is 6.07 Å². The molecule has 122 valence electrons. The number of aliphatic hydroxyl groups is 1. The lowest BCUT2D eigenvalue weighted by Gasteiger charge is -2.31. The number of nitrogens with two attached hydrogens (primary N) is 1. The lowest BCUT2D eigenvalue weighted by molar-refractivity contribution is -0.161. The fourth-order valence-electron chi connectivity index (χ4n) is 2.43. The molecule has 2 atom stereocenters. The van der Waals surface area contributed by atoms with Crippen LogP contribution in [0.4, 0.5) is 0 Å². The predicted molar refractivity (Wildman–Crippen MR) is 78.9 cm³/mol. The molecule has 0 spiro atoms. The molecule has 0 amide bonds. The Hall–Kier alpha value is -1.86. The van der Waals surface area contributed by atoms with Crippen LogP contribution in [0.3, 0.4) is 0 Å². The highest BCUT2D eigenvalue weighted by Crippen LogP contribution is 2.31. The predicted octanol–water partition coefficient (Wildman–Crippen LogP) is 0.584. The van der Waals surface area contributed by atoms with Crippen molar-refractivity contribution in [2.75, 3.05) is 13.2 Å². The van der Waals surface area contributed by atoms with Gasteiger partial charge >= 0.3 is 5.97 Å². The quantitative estimate of drug-likeness (QED) is 0.704. The third-order valence-electron chi connectivity index (χ3n) is 3.65. The maximum Gasteiger partial charge on any atom is 0.337 e. The SMILES string of the molecule is CC(C)C[C@H](N)[C@](O)(Cc1cc2c(cn1)OCCO2)C(=O)O. The second-order valence-corrected chi connectivity index (χ2v) is 5.96. The van der Waals surface area contributed by atoms with Crippen LogP contribution in [-0.2, 0) is 11.2 Å². The summed E-state index contributed by atoms with van der Waals surface area (Å²) in [4.78, 5) is 15.7. The molecule has 1 aromatic rings. The van der Waals surface area contributed by atoms with Crippen LogP contribution in [0.15, 0.2) is 12.3 Å². The first-order valence-electron chi connectivity index (χ1n) is 7.29. The Morgan fingerprint density at radius 2 is 2.05 bits per heavy atom. The van der Waals surface area contributed by atoms with Crippen molar-refractivity contribution in [1.29, 1.82) is 0 Å². The number of carboxylic acid groups (broad SMARTS) is 1. The van der Waals surface area contributed by atoms with Crippen molar-refractivity contribution in [2.24, 2.45) is 11.7 Å². The van der Waals surface area contributed by atoms with E-state index in [1.165, 1.54) is 6.20 Å². The molecule has 0 radical (unpaired) electrons. The van der Waals surface area contributed by atoms with E-state index < -0.39 is 17.6 Å². The monoisotopic (exact) mass is 310 g/mol. The van der Waals surface area contributed by atoms with Gasteiger partial charge in [-0.2, -0.15) is 0 Å². The molecule has 7 nitrogen and oxygen atoms in total. The average Bonchev–Trinajstić information content (AvgIpc) is 2.46. The summed E-state index contributed by atoms with van der Waals surface area (Å²) in [5.41, 5.74) is 4.25. The number of aliphatic carboxylic acids is 1. The lowest BCUT2D eigenvalue weighted by Crippen LogP contribution is -2.56. The molecule has 1 aliphatic heterocycles. The van der Waals surface area contributed by atoms with Crippen LogP contribution in [0.2, 0.25) is 0 Å². The number of carbonyl (C=O) groups is 1. The summed E-state index contributed by atoms with van der Waals surface area (Å²) in [6.45, 7) is 4.72. The Bertz CT molecular complexity index is 549. The normalized spacial score (nSPS) is 17.9. The van der Waals surface area contributed by atoms with Gasteiger partial charge in [-0.05, 0) is 12.3 Å². The van der Waals surface area contributed by atoms with Crippen molar-refractivity contribution in [3.8, 4) is 11.5 Å². The molecule has 22 heavy (non-hydrogen) atoms. The molecule has 2 rings (SSSR count). The molecule has 0 bridgehead atoms. The van der Waals surface area contributed by atoms with E-state index in [1.807, 2.05) is 13.8 Å². The van der Waals surface area contributed by atoms with E-state index in [4.69, 9.17) is 15.2 Å². The van der Waals surface area contributed by atoms with Crippen LogP contribution in [0.5, 0.6) is 11.5 Å². The van der Waals surface area contributed by atoms with Crippen molar-refractivity contribution in [3.63, 3.8) is 0 Å². The average molecular weight is 310 g/mol. The minimum absolute atomic E-state index is 0.175. The number of rotatable bonds is 6. The summed E-state index contributed by atoms with van der Waals surface area (Å²) in [6, 6.07) is 0.699. The van der Waals surface area contributed by atoms with Gasteiger partial charge in [0.1, 0.15) is 13.2 Å². The second-order valence-electron chi connectivity index (χ2n) is 5.96. The molecule has 0 aromatic carbocycles. The van der Waals surface area contributed by atoms with E-state index in [0.717, 1.165) is 0 Å². The van der Waals surface area contributed by atoms with E-state index in [2.05, 4.69) is 4.98 Å². The Kier molecular flexibility index (Phi) is 4.87. The zero-order chi connectivity index (χ0) is 16.3. The first-order chi connectivity index (χ1) is 10.3. The van der Waals surface area contributed by atoms with Gasteiger partial charge in [0, 0.05) is 24.2 Å². The van der Waals surface area contributed by atoms with Gasteiger partial charge in [-0.3, -0.25) is 4.98 Å². The summed E-state index contributed by atoms with van der Waals surface area (Å²) in [6.07, 6.45) is 1.68. The Balaban J connectivity index is 2.22. The fraction of sp³-hybridized carbons (Fsp3) is 0.600. The van der Waals surface area contributed by atoms with Crippen LogP contribution in [0.25, 0.3) is 0 Å². The van der Waals surface area contributed by atoms with Crippen molar-refractivity contribution >= 4 is 5.97 Å². The Morgan fingerprint density at radius 1 is 1.41 bits per heavy atom. The van der Waals surface area contributed by atoms with Gasteiger partial charge in [-0.1, -0.05) is 13.8 Å². The van der Waals surface area contributed by atoms with Gasteiger partial charge < -0.3 is 25.4 Å². The van der Waals surface area contributed by atoms with Gasteiger partial charge in [-0.15, -0.1) is 0 Å². The van der Waals surface area contributed by atoms with Crippen molar-refractivity contribution in [3.05, 3.63) is 18.0 Å². The zero-order valence-corrected chi connectivity index (χ0v) is 12.8. The van der Waals surface area contributed by atoms with Crippen LogP contribution in [0.1, 0.15) is 26.0 Å². The molecule has 4 N–H and O–H groups in total. The number of carboxylic acids is 1. The number of nitrogens with zero attached hydrogens (tertiary/aromatic N) is 1. The minimum atomic E-state index is -2.07. The van der Waals surface area contributed by atoms with Gasteiger partial charge in [-0.25, -0.2) is 4.79 Å². The van der Waals surface area contributed by atoms with E-state index in [9.17, 15) is 15.0 Å². The number of aromatic nitrogens is 1. The third-order valence-corrected chi connectivity index (χ3v) is 3.65. The molecular weight excluding hydrogens is 288 g/mol. The lowest BCUT2D eigenvalue weighted by atomic mass is 9.84. The second kappa shape index (κ2) is 6.50. The topological polar surface area (TPSA) is 115 Å². The fourth-order valence-corrected chi connectivity index (χ4v) is 2.43. The van der Waals surface area contributed by atoms with Crippen LogP contribution >= 0.6 is 0 Å². The molecule has 0 aliphatic carbocycles. The van der Waals surface area contributed by atoms with Gasteiger partial charge in [0.15, 0.2) is 17.1 Å². The summed E-state index contributed by atoms with van der Waals surface area (Å²) in [5.74, 6) is -0.159. The maximum atomic E-state index is 11.5. The van der Waals surface area contributed by atoms with Gasteiger partial charge in [0.05, 0.1) is 6.20 Å². The minimum Gasteiger partial charge on any atom is -0.486 e. The summed E-state index contributed by atoms with van der Waals surface area (Å²) in [7, 11) is 0. The molecule has 1 aromatic heterocycles. The number of hydrogen-bond acceptors (Lipinski definition) is 6. The summed E-state index contributed by atoms with van der Waals surface area (Å²) in [5, 5.41) is 19.9. The van der Waals surface area contributed by atoms with Crippen LogP contribution < -0.4 is 15.2 Å². The van der Waals surface area contributed by atoms with E-state index >= 15 is 0 Å². The molecule has 1 aliphatic rings. The molecule has 0 saturated carbocycles. The first kappa shape index (κ1) is 16.5. The van der Waals surface area contributed by atoms with Crippen molar-refractivity contribution in [2.45, 2.75) is 38.3 Å². The zero-order valence-electron chi connectivity index (χ0n) is 12.8. The highest BCUT2D eigenvalue weighted by molar-refractivity contribution is 5.78. The summed E-state index contributed by atoms with van der Waals surface area (Å²) < 4.78 is 10.8. The number of fused-ring (bicyclic) bond motifs is 1. The van der Waals surface area contributed by atoms with E-state index in [-0.39, 0.29) is 12.3 Å². The van der Waals surface area contributed by atoms with Gasteiger partial charge in [0.2, 0.25) is 0 Å². The standard InChI is InChI=1S/C15H22N2O5/c1-9(2)5-13(16)15(20,14(18)19)7-10-6-11-12(8-17-10)22-4-3-21-11/h6,8-9,13,20H,3-5,7,16H2,1-2H3,(H,18,19)/t13-,15+/m0/s1. The van der Waals surface area contributed by atoms with Crippen molar-refractivity contribution < 1.29 is 24.5 Å². The highest BCUT2D eigenvalue weighted by Gasteiger charge is 2.43. The number of hydrogen-bond donors (Lipinski definition) is 3. The van der Waals surface area contributed by atoms with Gasteiger partial charge in [0.25, 0.3) is 0 Å². The van der Waals surface area contributed by atoms with Crippen LogP contribution in [-0.4, -0.2) is 46.0 Å². The Morgan fingerprint density at radius 3 is 2.64 bits per heavy atom. The molecule has 2 heterocycles. The molecule has 0 saturated heterocycles. The third kappa shape index (κ3) is 3.48. The first-order valence-corrected chi connectivity index (χ1v) is 7.29. The largest absolute Gasteiger partial charge is 0.486 e. The van der Waals surface area contributed by atoms with E-state index in [0.29, 0.717) is 36.8 Å². The maximum absolute atomic E-state index is 11.5. The van der Waals surface area contributed by atoms with Crippen molar-refractivity contribution in [1.82, 2.24) is 4.98 Å². The Labute approximate surface area is 129 Å². The molecular formula is C15H22N2O5. The molecule has 0 unspecified atom stereocenters. The molecule has 0 fully saturated rings. The van der Waals surface area contributed by atoms with Crippen LogP contribution in [0, 0.1) is 5.92 Å². The smallest absolute Gasteiger partial charge is 0.337 e. The highest BCUT2D eigenvalue weighted by atomic mass is 16.6. The number of pyridine rings is 1. The number of ether oxygens (including phenoxy) is 2. The summed E-state index contributed by atoms with van der Waals surface area (Å²) >= 11 is 0.